The van der Waals surface area contributed by atoms with Crippen molar-refractivity contribution in [3.63, 3.8) is 0 Å². The molecule has 5 rings (SSSR count). The molecule has 0 bridgehead atoms. The van der Waals surface area contributed by atoms with Crippen LogP contribution in [0.1, 0.15) is 22.3 Å². The number of hydrogen-bond donors (Lipinski definition) is 0. The van der Waals surface area contributed by atoms with Crippen LogP contribution in [0.2, 0.25) is 5.02 Å². The van der Waals surface area contributed by atoms with E-state index in [0.29, 0.717) is 32.0 Å². The normalized spacial score (nSPS) is 15.5. The number of amidine groups is 1. The van der Waals surface area contributed by atoms with E-state index in [9.17, 15) is 9.18 Å². The van der Waals surface area contributed by atoms with Crippen LogP contribution in [-0.2, 0) is 11.4 Å². The Labute approximate surface area is 230 Å². The summed E-state index contributed by atoms with van der Waals surface area (Å²) >= 11 is 7.59. The highest BCUT2D eigenvalue weighted by Gasteiger charge is 2.35. The van der Waals surface area contributed by atoms with Crippen LogP contribution in [0.3, 0.4) is 0 Å². The highest BCUT2D eigenvalue weighted by Crippen LogP contribution is 2.39. The largest absolute Gasteiger partial charge is 0.488 e. The summed E-state index contributed by atoms with van der Waals surface area (Å²) in [5.74, 6) is 0.0141. The molecule has 1 amide bonds. The minimum Gasteiger partial charge on any atom is -0.488 e. The highest BCUT2D eigenvalue weighted by molar-refractivity contribution is 8.19. The smallest absolute Gasteiger partial charge is 0.271 e. The van der Waals surface area contributed by atoms with Crippen LogP contribution in [0.4, 0.5) is 15.8 Å². The summed E-state index contributed by atoms with van der Waals surface area (Å²) in [7, 11) is 0. The van der Waals surface area contributed by atoms with Crippen LogP contribution in [0.25, 0.3) is 6.08 Å². The molecule has 4 nitrogen and oxygen atoms in total. The van der Waals surface area contributed by atoms with Gasteiger partial charge < -0.3 is 4.74 Å². The van der Waals surface area contributed by atoms with Crippen LogP contribution < -0.4 is 9.64 Å². The maximum atomic E-state index is 13.7. The number of benzene rings is 4. The van der Waals surface area contributed by atoms with E-state index in [0.717, 1.165) is 22.5 Å². The molecule has 0 unspecified atom stereocenters. The zero-order chi connectivity index (χ0) is 26.6. The summed E-state index contributed by atoms with van der Waals surface area (Å²) in [6, 6.07) is 27.0. The highest BCUT2D eigenvalue weighted by atomic mass is 35.5. The van der Waals surface area contributed by atoms with Crippen LogP contribution in [-0.4, -0.2) is 11.1 Å². The van der Waals surface area contributed by atoms with E-state index in [1.807, 2.05) is 62.4 Å². The number of aryl methyl sites for hydroxylation is 2. The fourth-order valence-electron chi connectivity index (χ4n) is 3.89. The van der Waals surface area contributed by atoms with E-state index >= 15 is 0 Å². The van der Waals surface area contributed by atoms with Gasteiger partial charge in [-0.15, -0.1) is 0 Å². The van der Waals surface area contributed by atoms with Crippen molar-refractivity contribution in [3.05, 3.63) is 129 Å². The molecule has 1 aliphatic heterocycles. The van der Waals surface area contributed by atoms with Crippen molar-refractivity contribution >= 4 is 51.9 Å². The number of rotatable bonds is 6. The standard InChI is InChI=1S/C31H24ClFN2O2S/c1-20-6-11-26(12-7-20)34-31-35(27-13-8-21(2)9-14-27)30(36)29(38-31)18-23-17-24(32)10-15-28(23)37-19-22-4-3-5-25(33)16-22/h3-18H,19H2,1-2H3/b29-18-,34-31?. The molecule has 4 aromatic carbocycles. The van der Waals surface area contributed by atoms with E-state index in [-0.39, 0.29) is 18.3 Å². The van der Waals surface area contributed by atoms with Gasteiger partial charge in [0.15, 0.2) is 5.17 Å². The van der Waals surface area contributed by atoms with Crippen LogP contribution >= 0.6 is 23.4 Å². The molecule has 0 aromatic heterocycles. The fraction of sp³-hybridized carbons (Fsp3) is 0.0968. The molecule has 1 fully saturated rings. The van der Waals surface area contributed by atoms with E-state index < -0.39 is 0 Å². The van der Waals surface area contributed by atoms with Crippen LogP contribution in [0, 0.1) is 19.7 Å². The first kappa shape index (κ1) is 25.8. The predicted molar refractivity (Wildman–Crippen MR) is 155 cm³/mol. The Morgan fingerprint density at radius 1 is 0.947 bits per heavy atom. The summed E-state index contributed by atoms with van der Waals surface area (Å²) in [5.41, 5.74) is 5.06. The molecule has 4 aromatic rings. The molecule has 0 atom stereocenters. The SMILES string of the molecule is Cc1ccc(N=C2S/C(=C\c3cc(Cl)ccc3OCc3cccc(F)c3)C(=O)N2c2ccc(C)cc2)cc1. The third-order valence-electron chi connectivity index (χ3n) is 5.90. The van der Waals surface area contributed by atoms with Gasteiger partial charge in [0.25, 0.3) is 5.91 Å². The Morgan fingerprint density at radius 2 is 1.66 bits per heavy atom. The quantitative estimate of drug-likeness (QED) is 0.229. The third-order valence-corrected chi connectivity index (χ3v) is 7.10. The lowest BCUT2D eigenvalue weighted by molar-refractivity contribution is -0.113. The molecule has 7 heteroatoms. The van der Waals surface area contributed by atoms with Gasteiger partial charge in [0.1, 0.15) is 18.2 Å². The molecule has 0 N–H and O–H groups in total. The molecule has 190 valence electrons. The zero-order valence-electron chi connectivity index (χ0n) is 20.8. The lowest BCUT2D eigenvalue weighted by Crippen LogP contribution is -2.28. The minimum absolute atomic E-state index is 0.173. The van der Waals surface area contributed by atoms with Crippen LogP contribution in [0.5, 0.6) is 5.75 Å². The van der Waals surface area contributed by atoms with Crippen molar-refractivity contribution < 1.29 is 13.9 Å². The average Bonchev–Trinajstić information content (AvgIpc) is 3.19. The first-order valence-electron chi connectivity index (χ1n) is 12.0. The van der Waals surface area contributed by atoms with Crippen molar-refractivity contribution in [1.82, 2.24) is 0 Å². The number of carbonyl (C=O) groups is 1. The van der Waals surface area contributed by atoms with Crippen LogP contribution in [0.15, 0.2) is 101 Å². The first-order valence-corrected chi connectivity index (χ1v) is 13.2. The number of hydrogen-bond acceptors (Lipinski definition) is 4. The summed E-state index contributed by atoms with van der Waals surface area (Å²) in [6.45, 7) is 4.19. The van der Waals surface area contributed by atoms with Crippen molar-refractivity contribution in [2.24, 2.45) is 4.99 Å². The van der Waals surface area contributed by atoms with Gasteiger partial charge in [-0.25, -0.2) is 9.38 Å². The number of thioether (sulfide) groups is 1. The predicted octanol–water partition coefficient (Wildman–Crippen LogP) is 8.48. The van der Waals surface area contributed by atoms with Gasteiger partial charge in [0.05, 0.1) is 16.3 Å². The number of nitrogens with zero attached hydrogens (tertiary/aromatic N) is 2. The minimum atomic E-state index is -0.325. The molecule has 0 aliphatic carbocycles. The molecule has 38 heavy (non-hydrogen) atoms. The Bertz CT molecular complexity index is 1550. The second kappa shape index (κ2) is 11.3. The first-order chi connectivity index (χ1) is 18.4. The molecule has 1 saturated heterocycles. The van der Waals surface area contributed by atoms with E-state index in [1.165, 1.54) is 23.9 Å². The molecule has 0 saturated carbocycles. The maximum absolute atomic E-state index is 13.7. The van der Waals surface area contributed by atoms with Gasteiger partial charge in [-0.1, -0.05) is 59.1 Å². The number of anilines is 1. The van der Waals surface area contributed by atoms with Gasteiger partial charge in [-0.2, -0.15) is 0 Å². The molecule has 0 spiro atoms. The summed E-state index contributed by atoms with van der Waals surface area (Å²) < 4.78 is 19.6. The third kappa shape index (κ3) is 5.98. The summed E-state index contributed by atoms with van der Waals surface area (Å²) in [6.07, 6.45) is 1.76. The Kier molecular flexibility index (Phi) is 7.63. The lowest BCUT2D eigenvalue weighted by atomic mass is 10.1. The van der Waals surface area contributed by atoms with E-state index in [4.69, 9.17) is 21.3 Å². The average molecular weight is 543 g/mol. The van der Waals surface area contributed by atoms with Gasteiger partial charge in [0.2, 0.25) is 0 Å². The molecular weight excluding hydrogens is 519 g/mol. The van der Waals surface area contributed by atoms with E-state index in [2.05, 4.69) is 0 Å². The zero-order valence-corrected chi connectivity index (χ0v) is 22.4. The number of amides is 1. The van der Waals surface area contributed by atoms with Crippen molar-refractivity contribution in [2.45, 2.75) is 20.5 Å². The van der Waals surface area contributed by atoms with Gasteiger partial charge in [-0.05, 0) is 91.8 Å². The summed E-state index contributed by atoms with van der Waals surface area (Å²) in [4.78, 5) is 20.6. The van der Waals surface area contributed by atoms with Crippen molar-refractivity contribution in [3.8, 4) is 5.75 Å². The number of aliphatic imine (C=N–C) groups is 1. The summed E-state index contributed by atoms with van der Waals surface area (Å²) in [5, 5.41) is 1.06. The second-order valence-corrected chi connectivity index (χ2v) is 10.4. The second-order valence-electron chi connectivity index (χ2n) is 8.92. The number of halogens is 2. The molecule has 1 heterocycles. The van der Waals surface area contributed by atoms with Crippen molar-refractivity contribution in [1.29, 1.82) is 0 Å². The monoisotopic (exact) mass is 542 g/mol. The lowest BCUT2D eigenvalue weighted by Gasteiger charge is -2.16. The number of carbonyl (C=O) groups excluding carboxylic acids is 1. The van der Waals surface area contributed by atoms with Gasteiger partial charge >= 0.3 is 0 Å². The molecular formula is C31H24ClFN2O2S. The van der Waals surface area contributed by atoms with Gasteiger partial charge in [0, 0.05) is 10.6 Å². The van der Waals surface area contributed by atoms with Gasteiger partial charge in [-0.3, -0.25) is 9.69 Å². The Morgan fingerprint density at radius 3 is 2.37 bits per heavy atom. The van der Waals surface area contributed by atoms with Crippen molar-refractivity contribution in [2.75, 3.05) is 4.90 Å². The Balaban J connectivity index is 1.50. The molecule has 0 radical (unpaired) electrons. The van der Waals surface area contributed by atoms with E-state index in [1.54, 1.807) is 41.3 Å². The maximum Gasteiger partial charge on any atom is 0.271 e. The Hall–Kier alpha value is -3.87. The molecule has 1 aliphatic rings. The fourth-order valence-corrected chi connectivity index (χ4v) is 5.07. The topological polar surface area (TPSA) is 41.9 Å². The number of ether oxygens (including phenoxy) is 1.